The van der Waals surface area contributed by atoms with Crippen LogP contribution in [0.5, 0.6) is 0 Å². The van der Waals surface area contributed by atoms with Gasteiger partial charge in [0.15, 0.2) is 0 Å². The topological polar surface area (TPSA) is 120 Å². The molecule has 5 atom stereocenters. The zero-order valence-electron chi connectivity index (χ0n) is 19.2. The Balaban J connectivity index is 1.44. The van der Waals surface area contributed by atoms with Crippen LogP contribution in [0.3, 0.4) is 0 Å². The van der Waals surface area contributed by atoms with Gasteiger partial charge in [0.2, 0.25) is 5.91 Å². The van der Waals surface area contributed by atoms with Crippen LogP contribution in [0, 0.1) is 23.6 Å². The highest BCUT2D eigenvalue weighted by Gasteiger charge is 2.50. The maximum absolute atomic E-state index is 13.9. The first-order valence-electron chi connectivity index (χ1n) is 12.0. The first-order chi connectivity index (χ1) is 16.5. The average molecular weight is 477 g/mol. The van der Waals surface area contributed by atoms with Crippen LogP contribution in [-0.2, 0) is 19.1 Å². The van der Waals surface area contributed by atoms with E-state index in [0.717, 1.165) is 32.2 Å². The quantitative estimate of drug-likeness (QED) is 0.452. The van der Waals surface area contributed by atoms with Gasteiger partial charge in [0.25, 0.3) is 0 Å². The number of aliphatic hydroxyl groups is 1. The number of anilines is 1. The van der Waals surface area contributed by atoms with Gasteiger partial charge in [0.05, 0.1) is 31.7 Å². The molecule has 186 valence electrons. The molecule has 0 radical (unpaired) electrons. The minimum Gasteiger partial charge on any atom is -0.394 e. The molecule has 1 aromatic rings. The van der Waals surface area contributed by atoms with E-state index in [1.807, 2.05) is 0 Å². The Morgan fingerprint density at radius 2 is 2.06 bits per heavy atom. The molecule has 1 saturated carbocycles. The molecule has 0 aromatic heterocycles. The summed E-state index contributed by atoms with van der Waals surface area (Å²) in [5.74, 6) is -2.50. The van der Waals surface area contributed by atoms with E-state index in [0.29, 0.717) is 26.3 Å². The highest BCUT2D eigenvalue weighted by atomic mass is 19.1. The van der Waals surface area contributed by atoms with Crippen molar-refractivity contribution in [3.8, 4) is 0 Å². The SMILES string of the molecule is O=C(Nc1ccccc1F)C(=O)N1CC2CCCC2[C@H]1C(=O)N[C@H](CO)C[C@@H]1CCNCOC1. The van der Waals surface area contributed by atoms with Crippen LogP contribution >= 0.6 is 0 Å². The van der Waals surface area contributed by atoms with Gasteiger partial charge in [0.1, 0.15) is 11.9 Å². The number of aliphatic hydroxyl groups excluding tert-OH is 1. The van der Waals surface area contributed by atoms with Gasteiger partial charge in [-0.3, -0.25) is 19.7 Å². The standard InChI is InChI=1S/C24H33FN4O5/c25-19-6-1-2-7-20(19)28-23(32)24(33)29-11-16-4-3-5-18(16)21(29)22(31)27-17(12-30)10-15-8-9-26-14-34-13-15/h1-2,6-7,15-18,21,26,30H,3-5,8-14H2,(H,27,31)(H,28,32)/t15-,16?,17-,18?,21-/m0/s1. The van der Waals surface area contributed by atoms with Crippen LogP contribution in [0.2, 0.25) is 0 Å². The number of nitrogens with one attached hydrogen (secondary N) is 3. The molecular weight excluding hydrogens is 443 g/mol. The molecule has 1 aliphatic carbocycles. The molecule has 3 aliphatic rings. The molecule has 3 amide bonds. The molecule has 2 unspecified atom stereocenters. The number of hydrogen-bond acceptors (Lipinski definition) is 6. The summed E-state index contributed by atoms with van der Waals surface area (Å²) in [4.78, 5) is 40.4. The van der Waals surface area contributed by atoms with Gasteiger partial charge >= 0.3 is 11.8 Å². The van der Waals surface area contributed by atoms with E-state index in [1.165, 1.54) is 23.1 Å². The third kappa shape index (κ3) is 5.56. The van der Waals surface area contributed by atoms with Crippen LogP contribution in [0.1, 0.15) is 32.1 Å². The number of halogens is 1. The first kappa shape index (κ1) is 24.6. The number of rotatable bonds is 6. The summed E-state index contributed by atoms with van der Waals surface area (Å²) in [6.07, 6.45) is 4.10. The fourth-order valence-corrected chi connectivity index (χ4v) is 5.53. The highest BCUT2D eigenvalue weighted by molar-refractivity contribution is 6.40. The van der Waals surface area contributed by atoms with E-state index in [-0.39, 0.29) is 36.0 Å². The Hall–Kier alpha value is -2.56. The number of ether oxygens (including phenoxy) is 1. The largest absolute Gasteiger partial charge is 0.394 e. The number of amides is 3. The molecule has 2 heterocycles. The monoisotopic (exact) mass is 476 g/mol. The van der Waals surface area contributed by atoms with Crippen molar-refractivity contribution in [1.82, 2.24) is 15.5 Å². The lowest BCUT2D eigenvalue weighted by Crippen LogP contribution is -2.54. The fraction of sp³-hybridized carbons (Fsp3) is 0.625. The zero-order chi connectivity index (χ0) is 24.1. The van der Waals surface area contributed by atoms with Crippen LogP contribution in [0.15, 0.2) is 24.3 Å². The number of para-hydroxylation sites is 1. The zero-order valence-corrected chi connectivity index (χ0v) is 19.2. The molecule has 2 saturated heterocycles. The van der Waals surface area contributed by atoms with Gasteiger partial charge in [-0.2, -0.15) is 0 Å². The van der Waals surface area contributed by atoms with E-state index in [4.69, 9.17) is 4.74 Å². The molecule has 1 aromatic carbocycles. The van der Waals surface area contributed by atoms with Crippen LogP contribution in [-0.4, -0.2) is 72.8 Å². The van der Waals surface area contributed by atoms with E-state index in [9.17, 15) is 23.9 Å². The van der Waals surface area contributed by atoms with E-state index in [2.05, 4.69) is 16.0 Å². The molecule has 34 heavy (non-hydrogen) atoms. The number of hydrogen-bond donors (Lipinski definition) is 4. The van der Waals surface area contributed by atoms with Gasteiger partial charge in [0, 0.05) is 6.54 Å². The summed E-state index contributed by atoms with van der Waals surface area (Å²) in [5.41, 5.74) is -0.0818. The molecule has 0 bridgehead atoms. The van der Waals surface area contributed by atoms with Crippen molar-refractivity contribution < 1.29 is 28.6 Å². The van der Waals surface area contributed by atoms with Gasteiger partial charge in [-0.15, -0.1) is 0 Å². The minimum atomic E-state index is -0.968. The lowest BCUT2D eigenvalue weighted by Gasteiger charge is -2.29. The lowest BCUT2D eigenvalue weighted by molar-refractivity contribution is -0.147. The predicted octanol–water partition coefficient (Wildman–Crippen LogP) is 0.842. The Morgan fingerprint density at radius 3 is 2.85 bits per heavy atom. The summed E-state index contributed by atoms with van der Waals surface area (Å²) < 4.78 is 19.5. The van der Waals surface area contributed by atoms with Crippen molar-refractivity contribution in [3.05, 3.63) is 30.1 Å². The second kappa shape index (κ2) is 11.2. The van der Waals surface area contributed by atoms with Gasteiger partial charge in [-0.25, -0.2) is 4.39 Å². The molecule has 3 fully saturated rings. The normalized spacial score (nSPS) is 27.5. The number of benzene rings is 1. The van der Waals surface area contributed by atoms with Crippen molar-refractivity contribution in [2.24, 2.45) is 17.8 Å². The van der Waals surface area contributed by atoms with Crippen LogP contribution in [0.4, 0.5) is 10.1 Å². The summed E-state index contributed by atoms with van der Waals surface area (Å²) >= 11 is 0. The maximum Gasteiger partial charge on any atom is 0.314 e. The van der Waals surface area contributed by atoms with E-state index >= 15 is 0 Å². The number of nitrogens with zero attached hydrogens (tertiary/aromatic N) is 1. The highest BCUT2D eigenvalue weighted by Crippen LogP contribution is 2.42. The minimum absolute atomic E-state index is 0.0324. The Bertz CT molecular complexity index is 892. The fourth-order valence-electron chi connectivity index (χ4n) is 5.53. The second-order valence-electron chi connectivity index (χ2n) is 9.48. The van der Waals surface area contributed by atoms with Gasteiger partial charge in [-0.05, 0) is 62.1 Å². The molecule has 10 heteroatoms. The molecule has 0 spiro atoms. The van der Waals surface area contributed by atoms with Gasteiger partial charge < -0.3 is 25.4 Å². The summed E-state index contributed by atoms with van der Waals surface area (Å²) in [7, 11) is 0. The van der Waals surface area contributed by atoms with Crippen LogP contribution in [0.25, 0.3) is 0 Å². The molecular formula is C24H33FN4O5. The van der Waals surface area contributed by atoms with Crippen molar-refractivity contribution in [2.75, 3.05) is 38.4 Å². The smallest absolute Gasteiger partial charge is 0.314 e. The van der Waals surface area contributed by atoms with Crippen molar-refractivity contribution >= 4 is 23.4 Å². The van der Waals surface area contributed by atoms with Crippen LogP contribution < -0.4 is 16.0 Å². The second-order valence-corrected chi connectivity index (χ2v) is 9.48. The third-order valence-corrected chi connectivity index (χ3v) is 7.21. The summed E-state index contributed by atoms with van der Waals surface area (Å²) in [6.45, 7) is 1.94. The number of fused-ring (bicyclic) bond motifs is 1. The average Bonchev–Trinajstić information content (AvgIpc) is 3.32. The Kier molecular flexibility index (Phi) is 8.12. The summed E-state index contributed by atoms with van der Waals surface area (Å²) in [5, 5.41) is 18.3. The lowest BCUT2D eigenvalue weighted by atomic mass is 9.92. The third-order valence-electron chi connectivity index (χ3n) is 7.21. The summed E-state index contributed by atoms with van der Waals surface area (Å²) in [6, 6.07) is 4.37. The molecule has 2 aliphatic heterocycles. The Labute approximate surface area is 198 Å². The number of likely N-dealkylation sites (tertiary alicyclic amines) is 1. The maximum atomic E-state index is 13.9. The van der Waals surface area contributed by atoms with Crippen molar-refractivity contribution in [1.29, 1.82) is 0 Å². The van der Waals surface area contributed by atoms with Crippen molar-refractivity contribution in [2.45, 2.75) is 44.2 Å². The Morgan fingerprint density at radius 1 is 1.24 bits per heavy atom. The van der Waals surface area contributed by atoms with E-state index < -0.39 is 29.7 Å². The predicted molar refractivity (Wildman–Crippen MR) is 122 cm³/mol. The molecule has 9 nitrogen and oxygen atoms in total. The van der Waals surface area contributed by atoms with Crippen molar-refractivity contribution in [3.63, 3.8) is 0 Å². The van der Waals surface area contributed by atoms with Gasteiger partial charge in [-0.1, -0.05) is 18.6 Å². The molecule has 4 N–H and O–H groups in total. The number of carbonyl (C=O) groups is 3. The molecule has 4 rings (SSSR count). The number of carbonyl (C=O) groups excluding carboxylic acids is 3. The first-order valence-corrected chi connectivity index (χ1v) is 12.0. The van der Waals surface area contributed by atoms with E-state index in [1.54, 1.807) is 6.07 Å².